The number of hydrogen-bond donors (Lipinski definition) is 2. The van der Waals surface area contributed by atoms with Crippen molar-refractivity contribution in [2.45, 2.75) is 38.3 Å². The molecule has 0 aliphatic heterocycles. The number of aliphatic hydroxyl groups is 1. The summed E-state index contributed by atoms with van der Waals surface area (Å²) in [6.07, 6.45) is 4.49. The predicted octanol–water partition coefficient (Wildman–Crippen LogP) is 2.39. The smallest absolute Gasteiger partial charge is 0.0580 e. The predicted molar refractivity (Wildman–Crippen MR) is 80.4 cm³/mol. The molecule has 19 heavy (non-hydrogen) atoms. The van der Waals surface area contributed by atoms with Crippen LogP contribution < -0.4 is 10.2 Å². The van der Waals surface area contributed by atoms with Crippen molar-refractivity contribution >= 4 is 5.69 Å². The minimum absolute atomic E-state index is 0.0997. The van der Waals surface area contributed by atoms with Crippen LogP contribution >= 0.6 is 0 Å². The zero-order valence-electron chi connectivity index (χ0n) is 12.1. The maximum atomic E-state index is 9.92. The van der Waals surface area contributed by atoms with Gasteiger partial charge in [-0.25, -0.2) is 0 Å². The van der Waals surface area contributed by atoms with Crippen molar-refractivity contribution in [1.29, 1.82) is 0 Å². The van der Waals surface area contributed by atoms with Gasteiger partial charge in [0.2, 0.25) is 0 Å². The van der Waals surface area contributed by atoms with Gasteiger partial charge in [0.1, 0.15) is 0 Å². The van der Waals surface area contributed by atoms with E-state index in [0.29, 0.717) is 5.92 Å². The number of benzene rings is 1. The molecule has 2 unspecified atom stereocenters. The molecule has 1 aromatic rings. The molecule has 0 spiro atoms. The van der Waals surface area contributed by atoms with Crippen LogP contribution in [0.5, 0.6) is 0 Å². The summed E-state index contributed by atoms with van der Waals surface area (Å²) >= 11 is 0. The maximum absolute atomic E-state index is 9.92. The Balaban J connectivity index is 1.75. The Morgan fingerprint density at radius 3 is 2.47 bits per heavy atom. The lowest BCUT2D eigenvalue weighted by atomic mass is 9.86. The first kappa shape index (κ1) is 14.4. The fourth-order valence-electron chi connectivity index (χ4n) is 2.74. The van der Waals surface area contributed by atoms with E-state index in [0.717, 1.165) is 25.9 Å². The minimum atomic E-state index is -0.0997. The third-order valence-corrected chi connectivity index (χ3v) is 4.06. The molecular formula is C16H26N2O. The van der Waals surface area contributed by atoms with Crippen molar-refractivity contribution in [3.63, 3.8) is 0 Å². The fourth-order valence-corrected chi connectivity index (χ4v) is 2.74. The van der Waals surface area contributed by atoms with Gasteiger partial charge < -0.3 is 15.3 Å². The van der Waals surface area contributed by atoms with Gasteiger partial charge in [0.25, 0.3) is 0 Å². The van der Waals surface area contributed by atoms with Gasteiger partial charge in [0.05, 0.1) is 6.10 Å². The van der Waals surface area contributed by atoms with E-state index in [1.807, 2.05) is 0 Å². The molecule has 0 bridgehead atoms. The van der Waals surface area contributed by atoms with Crippen LogP contribution in [0.3, 0.4) is 0 Å². The van der Waals surface area contributed by atoms with Gasteiger partial charge in [-0.1, -0.05) is 25.0 Å². The number of nitrogens with zero attached hydrogens (tertiary/aromatic N) is 1. The molecule has 2 atom stereocenters. The van der Waals surface area contributed by atoms with E-state index >= 15 is 0 Å². The number of rotatable bonds is 5. The molecular weight excluding hydrogens is 236 g/mol. The van der Waals surface area contributed by atoms with Crippen molar-refractivity contribution in [2.24, 2.45) is 5.92 Å². The first-order valence-electron chi connectivity index (χ1n) is 7.32. The van der Waals surface area contributed by atoms with Crippen LogP contribution in [-0.4, -0.2) is 31.9 Å². The number of nitrogens with one attached hydrogen (secondary N) is 1. The second-order valence-electron chi connectivity index (χ2n) is 5.80. The molecule has 1 aliphatic carbocycles. The summed E-state index contributed by atoms with van der Waals surface area (Å²) in [5, 5.41) is 13.4. The molecule has 0 aromatic heterocycles. The zero-order valence-corrected chi connectivity index (χ0v) is 12.1. The van der Waals surface area contributed by atoms with Crippen molar-refractivity contribution in [3.8, 4) is 0 Å². The fraction of sp³-hybridized carbons (Fsp3) is 0.625. The van der Waals surface area contributed by atoms with E-state index in [1.165, 1.54) is 24.1 Å². The van der Waals surface area contributed by atoms with Crippen LogP contribution in [-0.2, 0) is 6.54 Å². The Bertz CT molecular complexity index is 375. The lowest BCUT2D eigenvalue weighted by molar-refractivity contribution is 0.0695. The van der Waals surface area contributed by atoms with Gasteiger partial charge in [0.15, 0.2) is 0 Å². The average Bonchev–Trinajstić information content (AvgIpc) is 2.41. The molecule has 2 rings (SSSR count). The molecule has 0 saturated heterocycles. The second-order valence-corrected chi connectivity index (χ2v) is 5.80. The summed E-state index contributed by atoms with van der Waals surface area (Å²) in [6, 6.07) is 8.62. The van der Waals surface area contributed by atoms with Crippen LogP contribution in [0.15, 0.2) is 24.3 Å². The Kier molecular flexibility index (Phi) is 5.23. The topological polar surface area (TPSA) is 35.5 Å². The minimum Gasteiger partial charge on any atom is -0.393 e. The molecule has 1 fully saturated rings. The molecule has 3 heteroatoms. The molecule has 2 N–H and O–H groups in total. The Morgan fingerprint density at radius 1 is 1.16 bits per heavy atom. The lowest BCUT2D eigenvalue weighted by Crippen LogP contribution is -2.33. The van der Waals surface area contributed by atoms with E-state index in [1.54, 1.807) is 0 Å². The molecule has 3 nitrogen and oxygen atoms in total. The molecule has 0 amide bonds. The Morgan fingerprint density at radius 2 is 1.84 bits per heavy atom. The van der Waals surface area contributed by atoms with Crippen molar-refractivity contribution in [1.82, 2.24) is 5.32 Å². The van der Waals surface area contributed by atoms with E-state index < -0.39 is 0 Å². The van der Waals surface area contributed by atoms with Gasteiger partial charge in [-0.2, -0.15) is 0 Å². The van der Waals surface area contributed by atoms with Crippen LogP contribution in [0, 0.1) is 5.92 Å². The van der Waals surface area contributed by atoms with Gasteiger partial charge in [-0.05, 0) is 36.5 Å². The van der Waals surface area contributed by atoms with Crippen molar-refractivity contribution in [3.05, 3.63) is 29.8 Å². The van der Waals surface area contributed by atoms with Gasteiger partial charge >= 0.3 is 0 Å². The van der Waals surface area contributed by atoms with Crippen LogP contribution in [0.2, 0.25) is 0 Å². The summed E-state index contributed by atoms with van der Waals surface area (Å²) in [4.78, 5) is 2.11. The standard InChI is InChI=1S/C16H26N2O/c1-18(2)15-9-7-13(8-10-15)11-17-12-14-5-3-4-6-16(14)19/h7-10,14,16-17,19H,3-6,11-12H2,1-2H3. The highest BCUT2D eigenvalue weighted by Crippen LogP contribution is 2.23. The zero-order chi connectivity index (χ0) is 13.7. The SMILES string of the molecule is CN(C)c1ccc(CNCC2CCCCC2O)cc1. The monoisotopic (exact) mass is 262 g/mol. The average molecular weight is 262 g/mol. The highest BCUT2D eigenvalue weighted by molar-refractivity contribution is 5.45. The summed E-state index contributed by atoms with van der Waals surface area (Å²) in [7, 11) is 4.11. The van der Waals surface area contributed by atoms with Crippen LogP contribution in [0.1, 0.15) is 31.2 Å². The quantitative estimate of drug-likeness (QED) is 0.855. The van der Waals surface area contributed by atoms with Gasteiger partial charge in [-0.15, -0.1) is 0 Å². The third-order valence-electron chi connectivity index (χ3n) is 4.06. The highest BCUT2D eigenvalue weighted by Gasteiger charge is 2.22. The second kappa shape index (κ2) is 6.92. The van der Waals surface area contributed by atoms with Crippen LogP contribution in [0.4, 0.5) is 5.69 Å². The van der Waals surface area contributed by atoms with Crippen molar-refractivity contribution in [2.75, 3.05) is 25.5 Å². The van der Waals surface area contributed by atoms with Gasteiger partial charge in [-0.3, -0.25) is 0 Å². The summed E-state index contributed by atoms with van der Waals surface area (Å²) < 4.78 is 0. The molecule has 0 heterocycles. The summed E-state index contributed by atoms with van der Waals surface area (Å²) in [5.74, 6) is 0.440. The maximum Gasteiger partial charge on any atom is 0.0580 e. The Hall–Kier alpha value is -1.06. The van der Waals surface area contributed by atoms with E-state index in [9.17, 15) is 5.11 Å². The van der Waals surface area contributed by atoms with E-state index in [4.69, 9.17) is 0 Å². The molecule has 1 aromatic carbocycles. The number of hydrogen-bond acceptors (Lipinski definition) is 3. The van der Waals surface area contributed by atoms with E-state index in [2.05, 4.69) is 48.6 Å². The third kappa shape index (κ3) is 4.22. The summed E-state index contributed by atoms with van der Waals surface area (Å²) in [6.45, 7) is 1.81. The molecule has 106 valence electrons. The lowest BCUT2D eigenvalue weighted by Gasteiger charge is -2.27. The molecule has 1 saturated carbocycles. The van der Waals surface area contributed by atoms with Gasteiger partial charge in [0, 0.05) is 32.9 Å². The Labute approximate surface area is 116 Å². The normalized spacial score (nSPS) is 23.3. The summed E-state index contributed by atoms with van der Waals surface area (Å²) in [5.41, 5.74) is 2.53. The largest absolute Gasteiger partial charge is 0.393 e. The first-order valence-corrected chi connectivity index (χ1v) is 7.32. The number of aliphatic hydroxyl groups excluding tert-OH is 1. The molecule has 1 aliphatic rings. The molecule has 0 radical (unpaired) electrons. The highest BCUT2D eigenvalue weighted by atomic mass is 16.3. The van der Waals surface area contributed by atoms with Crippen LogP contribution in [0.25, 0.3) is 0 Å². The van der Waals surface area contributed by atoms with E-state index in [-0.39, 0.29) is 6.10 Å². The van der Waals surface area contributed by atoms with Crippen molar-refractivity contribution < 1.29 is 5.11 Å². The number of anilines is 1. The first-order chi connectivity index (χ1) is 9.16.